The second-order valence-corrected chi connectivity index (χ2v) is 6.42. The van der Waals surface area contributed by atoms with Gasteiger partial charge in [-0.3, -0.25) is 0 Å². The zero-order valence-electron chi connectivity index (χ0n) is 16.6. The minimum atomic E-state index is -0.371. The van der Waals surface area contributed by atoms with E-state index >= 15 is 0 Å². The van der Waals surface area contributed by atoms with Gasteiger partial charge in [0.25, 0.3) is 0 Å². The average molecular weight is 392 g/mol. The van der Waals surface area contributed by atoms with E-state index < -0.39 is 0 Å². The molecule has 0 heterocycles. The average Bonchev–Trinajstić information content (AvgIpc) is 2.78. The molecule has 5 heteroatoms. The lowest BCUT2D eigenvalue weighted by Crippen LogP contribution is -2.09. The third-order valence-electron chi connectivity index (χ3n) is 4.45. The van der Waals surface area contributed by atoms with Gasteiger partial charge in [-0.15, -0.1) is 0 Å². The van der Waals surface area contributed by atoms with Crippen molar-refractivity contribution in [2.24, 2.45) is 0 Å². The second kappa shape index (κ2) is 10.3. The van der Waals surface area contributed by atoms with Gasteiger partial charge in [-0.2, -0.15) is 0 Å². The van der Waals surface area contributed by atoms with Crippen molar-refractivity contribution in [3.05, 3.63) is 95.1 Å². The fraction of sp³-hybridized carbons (Fsp3) is 0.208. The molecule has 29 heavy (non-hydrogen) atoms. The molecule has 5 nitrogen and oxygen atoms in total. The standard InChI is InChI=1S/C24H24O5/c1-26-21-11-7-18(8-12-21)15-28-17-20-5-3-4-6-23(20)24(25)29-16-19-9-13-22(27-2)14-10-19/h3-14H,15-17H2,1-2H3. The summed E-state index contributed by atoms with van der Waals surface area (Å²) in [6.07, 6.45) is 0. The Labute approximate surface area is 170 Å². The number of ether oxygens (including phenoxy) is 4. The first-order valence-corrected chi connectivity index (χ1v) is 9.28. The molecule has 0 aliphatic rings. The highest BCUT2D eigenvalue weighted by Crippen LogP contribution is 2.17. The fourth-order valence-electron chi connectivity index (χ4n) is 2.79. The zero-order valence-corrected chi connectivity index (χ0v) is 16.6. The van der Waals surface area contributed by atoms with Gasteiger partial charge in [0.1, 0.15) is 18.1 Å². The summed E-state index contributed by atoms with van der Waals surface area (Å²) in [5.74, 6) is 1.20. The first-order valence-electron chi connectivity index (χ1n) is 9.28. The SMILES string of the molecule is COc1ccc(COCc2ccccc2C(=O)OCc2ccc(OC)cc2)cc1. The molecule has 0 saturated heterocycles. The molecular formula is C24H24O5. The Morgan fingerprint density at radius 1 is 0.690 bits per heavy atom. The van der Waals surface area contributed by atoms with E-state index in [2.05, 4.69) is 0 Å². The van der Waals surface area contributed by atoms with E-state index in [0.717, 1.165) is 28.2 Å². The molecule has 0 spiro atoms. The van der Waals surface area contributed by atoms with E-state index in [4.69, 9.17) is 18.9 Å². The van der Waals surface area contributed by atoms with Gasteiger partial charge in [-0.05, 0) is 47.0 Å². The number of benzene rings is 3. The lowest BCUT2D eigenvalue weighted by atomic mass is 10.1. The van der Waals surface area contributed by atoms with E-state index in [1.807, 2.05) is 66.7 Å². The topological polar surface area (TPSA) is 54.0 Å². The molecule has 0 unspecified atom stereocenters. The van der Waals surface area contributed by atoms with Crippen molar-refractivity contribution < 1.29 is 23.7 Å². The Hall–Kier alpha value is -3.31. The maximum atomic E-state index is 12.5. The van der Waals surface area contributed by atoms with E-state index in [1.165, 1.54) is 0 Å². The highest BCUT2D eigenvalue weighted by atomic mass is 16.5. The van der Waals surface area contributed by atoms with E-state index in [1.54, 1.807) is 20.3 Å². The molecule has 3 rings (SSSR count). The van der Waals surface area contributed by atoms with Gasteiger partial charge >= 0.3 is 5.97 Å². The molecular weight excluding hydrogens is 368 g/mol. The maximum absolute atomic E-state index is 12.5. The Balaban J connectivity index is 1.56. The summed E-state index contributed by atoms with van der Waals surface area (Å²) in [5, 5.41) is 0. The summed E-state index contributed by atoms with van der Waals surface area (Å²) >= 11 is 0. The molecule has 0 atom stereocenters. The number of rotatable bonds is 9. The van der Waals surface area contributed by atoms with Crippen LogP contribution in [0.4, 0.5) is 0 Å². The van der Waals surface area contributed by atoms with Crippen LogP contribution in [0.1, 0.15) is 27.0 Å². The van der Waals surface area contributed by atoms with Gasteiger partial charge < -0.3 is 18.9 Å². The van der Waals surface area contributed by atoms with E-state index in [-0.39, 0.29) is 12.6 Å². The normalized spacial score (nSPS) is 10.4. The second-order valence-electron chi connectivity index (χ2n) is 6.42. The molecule has 150 valence electrons. The Kier molecular flexibility index (Phi) is 7.25. The predicted octanol–water partition coefficient (Wildman–Crippen LogP) is 4.78. The first-order chi connectivity index (χ1) is 14.2. The van der Waals surface area contributed by atoms with Crippen LogP contribution in [-0.4, -0.2) is 20.2 Å². The summed E-state index contributed by atoms with van der Waals surface area (Å²) in [6.45, 7) is 0.961. The third-order valence-corrected chi connectivity index (χ3v) is 4.45. The van der Waals surface area contributed by atoms with Crippen molar-refractivity contribution in [1.82, 2.24) is 0 Å². The van der Waals surface area contributed by atoms with Crippen molar-refractivity contribution in [3.8, 4) is 11.5 Å². The van der Waals surface area contributed by atoms with Gasteiger partial charge in [-0.25, -0.2) is 4.79 Å². The van der Waals surface area contributed by atoms with E-state index in [9.17, 15) is 4.79 Å². The molecule has 3 aromatic rings. The number of hydrogen-bond donors (Lipinski definition) is 0. The van der Waals surface area contributed by atoms with E-state index in [0.29, 0.717) is 18.8 Å². The van der Waals surface area contributed by atoms with Crippen molar-refractivity contribution in [3.63, 3.8) is 0 Å². The largest absolute Gasteiger partial charge is 0.497 e. The number of carbonyl (C=O) groups is 1. The summed E-state index contributed by atoms with van der Waals surface area (Å²) < 4.78 is 21.6. The monoisotopic (exact) mass is 392 g/mol. The van der Waals surface area contributed by atoms with Gasteiger partial charge in [0.2, 0.25) is 0 Å². The van der Waals surface area contributed by atoms with Crippen molar-refractivity contribution in [1.29, 1.82) is 0 Å². The molecule has 0 saturated carbocycles. The minimum absolute atomic E-state index is 0.198. The number of carbonyl (C=O) groups excluding carboxylic acids is 1. The van der Waals surface area contributed by atoms with Gasteiger partial charge in [-0.1, -0.05) is 42.5 Å². The third kappa shape index (κ3) is 5.83. The van der Waals surface area contributed by atoms with Crippen molar-refractivity contribution >= 4 is 5.97 Å². The van der Waals surface area contributed by atoms with Crippen LogP contribution in [0.15, 0.2) is 72.8 Å². The highest BCUT2D eigenvalue weighted by molar-refractivity contribution is 5.91. The van der Waals surface area contributed by atoms with Crippen LogP contribution in [0.2, 0.25) is 0 Å². The highest BCUT2D eigenvalue weighted by Gasteiger charge is 2.13. The van der Waals surface area contributed by atoms with Crippen LogP contribution in [0.3, 0.4) is 0 Å². The maximum Gasteiger partial charge on any atom is 0.338 e. The fourth-order valence-corrected chi connectivity index (χ4v) is 2.79. The van der Waals surface area contributed by atoms with Crippen molar-refractivity contribution in [2.75, 3.05) is 14.2 Å². The summed E-state index contributed by atoms with van der Waals surface area (Å²) in [5.41, 5.74) is 3.23. The molecule has 0 amide bonds. The molecule has 0 radical (unpaired) electrons. The van der Waals surface area contributed by atoms with Crippen LogP contribution in [0.5, 0.6) is 11.5 Å². The molecule has 0 aliphatic heterocycles. The van der Waals surface area contributed by atoms with Gasteiger partial charge in [0, 0.05) is 0 Å². The summed E-state index contributed by atoms with van der Waals surface area (Å²) in [6, 6.07) is 22.4. The molecule has 0 bridgehead atoms. The van der Waals surface area contributed by atoms with Crippen LogP contribution >= 0.6 is 0 Å². The molecule has 0 aliphatic carbocycles. The molecule has 0 aromatic heterocycles. The Bertz CT molecular complexity index is 917. The molecule has 0 N–H and O–H groups in total. The Morgan fingerprint density at radius 2 is 1.24 bits per heavy atom. The first kappa shape index (κ1) is 20.4. The van der Waals surface area contributed by atoms with Crippen molar-refractivity contribution in [2.45, 2.75) is 19.8 Å². The van der Waals surface area contributed by atoms with Crippen LogP contribution < -0.4 is 9.47 Å². The lowest BCUT2D eigenvalue weighted by Gasteiger charge is -2.11. The zero-order chi connectivity index (χ0) is 20.5. The number of esters is 1. The molecule has 3 aromatic carbocycles. The predicted molar refractivity (Wildman–Crippen MR) is 110 cm³/mol. The summed E-state index contributed by atoms with van der Waals surface area (Å²) in [4.78, 5) is 12.5. The van der Waals surface area contributed by atoms with Crippen LogP contribution in [-0.2, 0) is 29.3 Å². The lowest BCUT2D eigenvalue weighted by molar-refractivity contribution is 0.0463. The van der Waals surface area contributed by atoms with Gasteiger partial charge in [0.05, 0.1) is 33.0 Å². The summed E-state index contributed by atoms with van der Waals surface area (Å²) in [7, 11) is 3.25. The molecule has 0 fully saturated rings. The quantitative estimate of drug-likeness (QED) is 0.491. The van der Waals surface area contributed by atoms with Gasteiger partial charge in [0.15, 0.2) is 0 Å². The van der Waals surface area contributed by atoms with Crippen LogP contribution in [0, 0.1) is 0 Å². The number of methoxy groups -OCH3 is 2. The Morgan fingerprint density at radius 3 is 1.83 bits per heavy atom. The van der Waals surface area contributed by atoms with Crippen LogP contribution in [0.25, 0.3) is 0 Å². The smallest absolute Gasteiger partial charge is 0.338 e. The number of hydrogen-bond acceptors (Lipinski definition) is 5. The minimum Gasteiger partial charge on any atom is -0.497 e.